The highest BCUT2D eigenvalue weighted by Crippen LogP contribution is 2.21. The lowest BCUT2D eigenvalue weighted by atomic mass is 9.89. The van der Waals surface area contributed by atoms with Gasteiger partial charge in [-0.1, -0.05) is 33.1 Å². The summed E-state index contributed by atoms with van der Waals surface area (Å²) in [6.45, 7) is 9.20. The van der Waals surface area contributed by atoms with E-state index in [1.54, 1.807) is 0 Å². The van der Waals surface area contributed by atoms with Crippen LogP contribution in [0.15, 0.2) is 0 Å². The van der Waals surface area contributed by atoms with Crippen LogP contribution in [-0.4, -0.2) is 25.2 Å². The molecule has 0 fully saturated rings. The smallest absolute Gasteiger partial charge is 0.0147 e. The Morgan fingerprint density at radius 2 is 1.06 bits per heavy atom. The molecular formula is C15H34N2. The lowest BCUT2D eigenvalue weighted by Crippen LogP contribution is -2.39. The molecule has 0 aromatic carbocycles. The summed E-state index contributed by atoms with van der Waals surface area (Å²) in [5, 5.41) is 6.89. The molecule has 0 heterocycles. The predicted octanol–water partition coefficient (Wildman–Crippen LogP) is 3.71. The molecule has 0 saturated carbocycles. The van der Waals surface area contributed by atoms with Gasteiger partial charge in [-0.05, 0) is 53.6 Å². The maximum absolute atomic E-state index is 3.45. The van der Waals surface area contributed by atoms with Crippen molar-refractivity contribution in [2.75, 3.05) is 14.1 Å². The van der Waals surface area contributed by atoms with Gasteiger partial charge in [0.05, 0.1) is 0 Å². The van der Waals surface area contributed by atoms with Crippen molar-refractivity contribution in [2.24, 2.45) is 0 Å². The quantitative estimate of drug-likeness (QED) is 0.571. The van der Waals surface area contributed by atoms with E-state index in [1.165, 1.54) is 44.9 Å². The summed E-state index contributed by atoms with van der Waals surface area (Å²) in [7, 11) is 4.16. The van der Waals surface area contributed by atoms with Gasteiger partial charge in [0.1, 0.15) is 0 Å². The Kier molecular flexibility index (Phi) is 8.06. The molecule has 0 saturated heterocycles. The maximum atomic E-state index is 3.45. The second-order valence-corrected chi connectivity index (χ2v) is 5.89. The first-order chi connectivity index (χ1) is 7.95. The third-order valence-electron chi connectivity index (χ3n) is 4.72. The number of hydrogen-bond donors (Lipinski definition) is 2. The van der Waals surface area contributed by atoms with Crippen LogP contribution in [-0.2, 0) is 0 Å². The summed E-state index contributed by atoms with van der Waals surface area (Å²) >= 11 is 0. The summed E-state index contributed by atoms with van der Waals surface area (Å²) in [4.78, 5) is 0. The van der Waals surface area contributed by atoms with Crippen molar-refractivity contribution in [3.05, 3.63) is 0 Å². The lowest BCUT2D eigenvalue weighted by molar-refractivity contribution is 0.309. The minimum atomic E-state index is 0.344. The number of nitrogens with one attached hydrogen (secondary N) is 2. The van der Waals surface area contributed by atoms with E-state index >= 15 is 0 Å². The molecule has 0 amide bonds. The molecule has 104 valence electrons. The molecule has 0 aliphatic carbocycles. The van der Waals surface area contributed by atoms with Crippen LogP contribution in [0.1, 0.15) is 72.6 Å². The monoisotopic (exact) mass is 242 g/mol. The zero-order valence-electron chi connectivity index (χ0n) is 12.9. The SMILES string of the molecule is CCC(C)(CCCCCC(C)(CC)NC)NC. The minimum Gasteiger partial charge on any atom is -0.315 e. The van der Waals surface area contributed by atoms with E-state index in [0.717, 1.165) is 0 Å². The molecule has 2 atom stereocenters. The molecule has 0 bridgehead atoms. The molecule has 0 rings (SSSR count). The molecule has 2 heteroatoms. The molecule has 17 heavy (non-hydrogen) atoms. The molecule has 2 nitrogen and oxygen atoms in total. The Morgan fingerprint density at radius 1 is 0.706 bits per heavy atom. The Bertz CT molecular complexity index is 161. The van der Waals surface area contributed by atoms with Crippen molar-refractivity contribution >= 4 is 0 Å². The van der Waals surface area contributed by atoms with Gasteiger partial charge in [-0.3, -0.25) is 0 Å². The third kappa shape index (κ3) is 6.42. The first kappa shape index (κ1) is 16.9. The van der Waals surface area contributed by atoms with E-state index in [1.807, 2.05) is 0 Å². The van der Waals surface area contributed by atoms with Gasteiger partial charge in [0.15, 0.2) is 0 Å². The van der Waals surface area contributed by atoms with Gasteiger partial charge in [0.2, 0.25) is 0 Å². The van der Waals surface area contributed by atoms with Crippen LogP contribution in [0.3, 0.4) is 0 Å². The third-order valence-corrected chi connectivity index (χ3v) is 4.72. The van der Waals surface area contributed by atoms with Crippen LogP contribution in [0.4, 0.5) is 0 Å². The molecule has 2 N–H and O–H groups in total. The summed E-state index contributed by atoms with van der Waals surface area (Å²) in [6, 6.07) is 0. The van der Waals surface area contributed by atoms with Crippen LogP contribution >= 0.6 is 0 Å². The van der Waals surface area contributed by atoms with Gasteiger partial charge in [0, 0.05) is 11.1 Å². The van der Waals surface area contributed by atoms with Gasteiger partial charge < -0.3 is 10.6 Å². The average Bonchev–Trinajstić information content (AvgIpc) is 2.37. The number of unbranched alkanes of at least 4 members (excludes halogenated alkanes) is 2. The molecule has 0 aromatic rings. The van der Waals surface area contributed by atoms with Crippen LogP contribution < -0.4 is 10.6 Å². The largest absolute Gasteiger partial charge is 0.315 e. The fraction of sp³-hybridized carbons (Fsp3) is 1.00. The van der Waals surface area contributed by atoms with Crippen molar-refractivity contribution in [2.45, 2.75) is 83.7 Å². The molecule has 0 spiro atoms. The maximum Gasteiger partial charge on any atom is 0.0147 e. The van der Waals surface area contributed by atoms with Gasteiger partial charge in [-0.25, -0.2) is 0 Å². The summed E-state index contributed by atoms with van der Waals surface area (Å²) in [5.74, 6) is 0. The highest BCUT2D eigenvalue weighted by Gasteiger charge is 2.20. The van der Waals surface area contributed by atoms with E-state index in [0.29, 0.717) is 11.1 Å². The Labute approximate surface area is 109 Å². The first-order valence-electron chi connectivity index (χ1n) is 7.33. The van der Waals surface area contributed by atoms with Gasteiger partial charge in [-0.15, -0.1) is 0 Å². The van der Waals surface area contributed by atoms with Crippen LogP contribution in [0.2, 0.25) is 0 Å². The van der Waals surface area contributed by atoms with Crippen molar-refractivity contribution < 1.29 is 0 Å². The topological polar surface area (TPSA) is 24.1 Å². The molecule has 0 aliphatic rings. The molecule has 0 aliphatic heterocycles. The standard InChI is InChI=1S/C15H34N2/c1-7-14(3,16-5)12-10-9-11-13-15(4,8-2)17-6/h16-17H,7-13H2,1-6H3. The van der Waals surface area contributed by atoms with Gasteiger partial charge in [-0.2, -0.15) is 0 Å². The summed E-state index contributed by atoms with van der Waals surface area (Å²) in [5.41, 5.74) is 0.689. The van der Waals surface area contributed by atoms with Crippen molar-refractivity contribution in [3.63, 3.8) is 0 Å². The van der Waals surface area contributed by atoms with Gasteiger partial charge >= 0.3 is 0 Å². The zero-order valence-corrected chi connectivity index (χ0v) is 12.9. The Hall–Kier alpha value is -0.0800. The zero-order chi connectivity index (χ0) is 13.4. The molecule has 0 aromatic heterocycles. The molecular weight excluding hydrogens is 208 g/mol. The second-order valence-electron chi connectivity index (χ2n) is 5.89. The first-order valence-corrected chi connectivity index (χ1v) is 7.33. The lowest BCUT2D eigenvalue weighted by Gasteiger charge is -2.29. The Balaban J connectivity index is 3.72. The highest BCUT2D eigenvalue weighted by atomic mass is 14.9. The van der Waals surface area contributed by atoms with E-state index in [4.69, 9.17) is 0 Å². The van der Waals surface area contributed by atoms with Crippen LogP contribution in [0.25, 0.3) is 0 Å². The van der Waals surface area contributed by atoms with Crippen molar-refractivity contribution in [3.8, 4) is 0 Å². The normalized spacial score (nSPS) is 18.7. The fourth-order valence-electron chi connectivity index (χ4n) is 2.16. The van der Waals surface area contributed by atoms with Crippen LogP contribution in [0, 0.1) is 0 Å². The number of rotatable bonds is 10. The highest BCUT2D eigenvalue weighted by molar-refractivity contribution is 4.81. The average molecular weight is 242 g/mol. The summed E-state index contributed by atoms with van der Waals surface area (Å²) < 4.78 is 0. The molecule has 2 unspecified atom stereocenters. The summed E-state index contributed by atoms with van der Waals surface area (Å²) in [6.07, 6.45) is 9.06. The van der Waals surface area contributed by atoms with Crippen molar-refractivity contribution in [1.82, 2.24) is 10.6 Å². The van der Waals surface area contributed by atoms with Crippen LogP contribution in [0.5, 0.6) is 0 Å². The number of hydrogen-bond acceptors (Lipinski definition) is 2. The fourth-order valence-corrected chi connectivity index (χ4v) is 2.16. The van der Waals surface area contributed by atoms with E-state index in [9.17, 15) is 0 Å². The van der Waals surface area contributed by atoms with E-state index in [-0.39, 0.29) is 0 Å². The van der Waals surface area contributed by atoms with Crippen molar-refractivity contribution in [1.29, 1.82) is 0 Å². The second kappa shape index (κ2) is 8.10. The Morgan fingerprint density at radius 3 is 1.29 bits per heavy atom. The van der Waals surface area contributed by atoms with Gasteiger partial charge in [0.25, 0.3) is 0 Å². The molecule has 0 radical (unpaired) electrons. The predicted molar refractivity (Wildman–Crippen MR) is 78.6 cm³/mol. The minimum absolute atomic E-state index is 0.344. The van der Waals surface area contributed by atoms with E-state index in [2.05, 4.69) is 52.4 Å². The van der Waals surface area contributed by atoms with E-state index < -0.39 is 0 Å².